The third-order valence-electron chi connectivity index (χ3n) is 5.42. The number of hydrogen-bond donors (Lipinski definition) is 0. The van der Waals surface area contributed by atoms with Crippen LogP contribution < -0.4 is 4.74 Å². The molecule has 1 amide bonds. The van der Waals surface area contributed by atoms with Crippen molar-refractivity contribution < 1.29 is 9.53 Å². The number of carbonyl (C=O) groups is 1. The lowest BCUT2D eigenvalue weighted by Gasteiger charge is -2.18. The minimum Gasteiger partial charge on any atom is -0.496 e. The molecule has 1 unspecified atom stereocenters. The molecule has 0 saturated carbocycles. The van der Waals surface area contributed by atoms with Gasteiger partial charge in [0.05, 0.1) is 13.5 Å². The Balaban J connectivity index is 1.52. The van der Waals surface area contributed by atoms with Gasteiger partial charge in [0, 0.05) is 37.3 Å². The highest BCUT2D eigenvalue weighted by Gasteiger charge is 2.31. The normalized spacial score (nSPS) is 16.6. The SMILES string of the molecule is CCCn1c(C2CCN(C(=O)Cc3ccccc3OC)C2)nc2cccnc21. The smallest absolute Gasteiger partial charge is 0.227 e. The average molecular weight is 378 g/mol. The molecule has 1 fully saturated rings. The number of benzene rings is 1. The molecule has 1 aliphatic heterocycles. The fraction of sp³-hybridized carbons (Fsp3) is 0.409. The van der Waals surface area contributed by atoms with E-state index in [9.17, 15) is 4.79 Å². The molecule has 3 heterocycles. The minimum atomic E-state index is 0.142. The number of fused-ring (bicyclic) bond motifs is 1. The number of aromatic nitrogens is 3. The molecule has 3 aromatic rings. The third-order valence-corrected chi connectivity index (χ3v) is 5.42. The van der Waals surface area contributed by atoms with Crippen molar-refractivity contribution in [3.05, 3.63) is 54.0 Å². The molecule has 28 heavy (non-hydrogen) atoms. The van der Waals surface area contributed by atoms with E-state index in [2.05, 4.69) is 16.5 Å². The molecule has 0 bridgehead atoms. The lowest BCUT2D eigenvalue weighted by Crippen LogP contribution is -2.30. The number of amides is 1. The van der Waals surface area contributed by atoms with E-state index in [0.717, 1.165) is 54.2 Å². The zero-order valence-corrected chi connectivity index (χ0v) is 16.5. The number of rotatable bonds is 6. The van der Waals surface area contributed by atoms with Crippen molar-refractivity contribution in [2.45, 2.75) is 38.6 Å². The van der Waals surface area contributed by atoms with Crippen molar-refractivity contribution >= 4 is 17.1 Å². The maximum absolute atomic E-state index is 12.9. The Hall–Kier alpha value is -2.89. The van der Waals surface area contributed by atoms with Crippen LogP contribution in [0.15, 0.2) is 42.6 Å². The van der Waals surface area contributed by atoms with Gasteiger partial charge in [-0.25, -0.2) is 9.97 Å². The molecule has 0 N–H and O–H groups in total. The van der Waals surface area contributed by atoms with Gasteiger partial charge in [0.15, 0.2) is 5.65 Å². The maximum atomic E-state index is 12.9. The Morgan fingerprint density at radius 3 is 2.93 bits per heavy atom. The van der Waals surface area contributed by atoms with Crippen LogP contribution in [0.1, 0.15) is 37.1 Å². The number of imidazole rings is 1. The van der Waals surface area contributed by atoms with Crippen molar-refractivity contribution in [2.75, 3.05) is 20.2 Å². The maximum Gasteiger partial charge on any atom is 0.227 e. The third kappa shape index (κ3) is 3.46. The van der Waals surface area contributed by atoms with Gasteiger partial charge in [-0.05, 0) is 31.0 Å². The van der Waals surface area contributed by atoms with Gasteiger partial charge in [-0.1, -0.05) is 25.1 Å². The summed E-state index contributed by atoms with van der Waals surface area (Å²) in [7, 11) is 1.64. The number of carbonyl (C=O) groups excluding carboxylic acids is 1. The van der Waals surface area contributed by atoms with Crippen molar-refractivity contribution in [1.29, 1.82) is 0 Å². The van der Waals surface area contributed by atoms with Gasteiger partial charge in [-0.3, -0.25) is 4.79 Å². The lowest BCUT2D eigenvalue weighted by molar-refractivity contribution is -0.129. The van der Waals surface area contributed by atoms with Crippen LogP contribution in [0.5, 0.6) is 5.75 Å². The molecule has 0 aliphatic carbocycles. The first-order valence-corrected chi connectivity index (χ1v) is 9.92. The summed E-state index contributed by atoms with van der Waals surface area (Å²) in [6, 6.07) is 11.7. The summed E-state index contributed by atoms with van der Waals surface area (Å²) < 4.78 is 7.61. The van der Waals surface area contributed by atoms with Gasteiger partial charge in [-0.2, -0.15) is 0 Å². The van der Waals surface area contributed by atoms with Gasteiger partial charge < -0.3 is 14.2 Å². The van der Waals surface area contributed by atoms with E-state index in [4.69, 9.17) is 9.72 Å². The average Bonchev–Trinajstić information content (AvgIpc) is 3.34. The summed E-state index contributed by atoms with van der Waals surface area (Å²) in [5.74, 6) is 2.22. The Morgan fingerprint density at radius 1 is 1.25 bits per heavy atom. The molecular formula is C22H26N4O2. The second-order valence-electron chi connectivity index (χ2n) is 7.28. The summed E-state index contributed by atoms with van der Waals surface area (Å²) in [6.45, 7) is 4.53. The number of nitrogens with zero attached hydrogens (tertiary/aromatic N) is 4. The molecule has 1 aliphatic rings. The molecule has 2 aromatic heterocycles. The van der Waals surface area contributed by atoms with Crippen LogP contribution in [-0.2, 0) is 17.8 Å². The highest BCUT2D eigenvalue weighted by Crippen LogP contribution is 2.30. The van der Waals surface area contributed by atoms with Gasteiger partial charge >= 0.3 is 0 Å². The van der Waals surface area contributed by atoms with Gasteiger partial charge in [0.25, 0.3) is 0 Å². The van der Waals surface area contributed by atoms with E-state index in [1.807, 2.05) is 47.5 Å². The number of hydrogen-bond acceptors (Lipinski definition) is 4. The van der Waals surface area contributed by atoms with Gasteiger partial charge in [-0.15, -0.1) is 0 Å². The number of ether oxygens (including phenoxy) is 1. The van der Waals surface area contributed by atoms with Crippen LogP contribution in [-0.4, -0.2) is 45.5 Å². The molecule has 6 heteroatoms. The van der Waals surface area contributed by atoms with Gasteiger partial charge in [0.2, 0.25) is 5.91 Å². The van der Waals surface area contributed by atoms with Crippen LogP contribution in [0.25, 0.3) is 11.2 Å². The van der Waals surface area contributed by atoms with Crippen LogP contribution >= 0.6 is 0 Å². The van der Waals surface area contributed by atoms with Crippen molar-refractivity contribution in [2.24, 2.45) is 0 Å². The van der Waals surface area contributed by atoms with Crippen molar-refractivity contribution in [3.63, 3.8) is 0 Å². The Morgan fingerprint density at radius 2 is 2.11 bits per heavy atom. The van der Waals surface area contributed by atoms with E-state index < -0.39 is 0 Å². The second-order valence-corrected chi connectivity index (χ2v) is 7.28. The number of pyridine rings is 1. The summed E-state index contributed by atoms with van der Waals surface area (Å²) in [5, 5.41) is 0. The Kier molecular flexibility index (Phi) is 5.28. The standard InChI is InChI=1S/C22H26N4O2/c1-3-12-26-21(24-18-8-6-11-23-22(18)26)17-10-13-25(15-17)20(27)14-16-7-4-5-9-19(16)28-2/h4-9,11,17H,3,10,12-15H2,1-2H3. The van der Waals surface area contributed by atoms with E-state index >= 15 is 0 Å². The molecule has 0 spiro atoms. The Labute approximate surface area is 165 Å². The molecule has 1 aromatic carbocycles. The monoisotopic (exact) mass is 378 g/mol. The first kappa shape index (κ1) is 18.5. The number of para-hydroxylation sites is 1. The molecule has 0 radical (unpaired) electrons. The fourth-order valence-corrected chi connectivity index (χ4v) is 4.05. The van der Waals surface area contributed by atoms with Crippen molar-refractivity contribution in [1.82, 2.24) is 19.4 Å². The molecule has 146 valence electrons. The predicted octanol–water partition coefficient (Wildman–Crippen LogP) is 3.41. The molecular weight excluding hydrogens is 352 g/mol. The summed E-state index contributed by atoms with van der Waals surface area (Å²) in [6.07, 6.45) is 4.14. The molecule has 4 rings (SSSR count). The zero-order valence-electron chi connectivity index (χ0n) is 16.5. The second kappa shape index (κ2) is 8.00. The van der Waals surface area contributed by atoms with Crippen LogP contribution in [0, 0.1) is 0 Å². The van der Waals surface area contributed by atoms with Crippen molar-refractivity contribution in [3.8, 4) is 5.75 Å². The number of aryl methyl sites for hydroxylation is 1. The quantitative estimate of drug-likeness (QED) is 0.660. The largest absolute Gasteiger partial charge is 0.496 e. The first-order chi connectivity index (χ1) is 13.7. The highest BCUT2D eigenvalue weighted by molar-refractivity contribution is 5.80. The highest BCUT2D eigenvalue weighted by atomic mass is 16.5. The number of methoxy groups -OCH3 is 1. The van der Waals surface area contributed by atoms with Gasteiger partial charge in [0.1, 0.15) is 17.1 Å². The molecule has 1 saturated heterocycles. The van der Waals surface area contributed by atoms with E-state index in [-0.39, 0.29) is 11.8 Å². The van der Waals surface area contributed by atoms with Crippen LogP contribution in [0.3, 0.4) is 0 Å². The fourth-order valence-electron chi connectivity index (χ4n) is 4.05. The summed E-state index contributed by atoms with van der Waals surface area (Å²) in [4.78, 5) is 24.2. The van der Waals surface area contributed by atoms with E-state index in [1.165, 1.54) is 0 Å². The zero-order chi connectivity index (χ0) is 19.5. The Bertz CT molecular complexity index is 982. The van der Waals surface area contributed by atoms with E-state index in [0.29, 0.717) is 13.0 Å². The predicted molar refractivity (Wildman–Crippen MR) is 108 cm³/mol. The first-order valence-electron chi connectivity index (χ1n) is 9.92. The topological polar surface area (TPSA) is 60.2 Å². The molecule has 6 nitrogen and oxygen atoms in total. The lowest BCUT2D eigenvalue weighted by atomic mass is 10.1. The number of likely N-dealkylation sites (tertiary alicyclic amines) is 1. The summed E-state index contributed by atoms with van der Waals surface area (Å²) in [5.41, 5.74) is 2.81. The summed E-state index contributed by atoms with van der Waals surface area (Å²) >= 11 is 0. The van der Waals surface area contributed by atoms with E-state index in [1.54, 1.807) is 7.11 Å². The minimum absolute atomic E-state index is 0.142. The van der Waals surface area contributed by atoms with Crippen LogP contribution in [0.4, 0.5) is 0 Å². The van der Waals surface area contributed by atoms with Crippen LogP contribution in [0.2, 0.25) is 0 Å². The molecule has 1 atom stereocenters.